The number of fused-ring (bicyclic) bond motifs is 2. The Morgan fingerprint density at radius 3 is 2.56 bits per heavy atom. The van der Waals surface area contributed by atoms with Crippen LogP contribution in [0.1, 0.15) is 36.8 Å². The van der Waals surface area contributed by atoms with E-state index in [1.807, 2.05) is 6.07 Å². The predicted molar refractivity (Wildman–Crippen MR) is 145 cm³/mol. The van der Waals surface area contributed by atoms with E-state index in [1.165, 1.54) is 20.3 Å². The zero-order valence-electron chi connectivity index (χ0n) is 22.7. The topological polar surface area (TPSA) is 108 Å². The smallest absolute Gasteiger partial charge is 0.247 e. The first-order valence-electron chi connectivity index (χ1n) is 13.3. The molecule has 1 aliphatic carbocycles. The molecule has 1 unspecified atom stereocenters. The van der Waals surface area contributed by atoms with E-state index in [2.05, 4.69) is 22.0 Å². The number of rotatable bonds is 8. The van der Waals surface area contributed by atoms with Gasteiger partial charge in [0.15, 0.2) is 23.1 Å². The first-order chi connectivity index (χ1) is 19.8. The minimum atomic E-state index is -0.983. The zero-order chi connectivity index (χ0) is 28.9. The van der Waals surface area contributed by atoms with Gasteiger partial charge in [-0.3, -0.25) is 19.3 Å². The molecule has 0 radical (unpaired) electrons. The van der Waals surface area contributed by atoms with Crippen LogP contribution in [0.2, 0.25) is 0 Å². The maximum Gasteiger partial charge on any atom is 0.247 e. The summed E-state index contributed by atoms with van der Waals surface area (Å²) in [6, 6.07) is 2.93. The van der Waals surface area contributed by atoms with Gasteiger partial charge in [-0.2, -0.15) is 5.10 Å². The highest BCUT2D eigenvalue weighted by atomic mass is 19.1. The van der Waals surface area contributed by atoms with Gasteiger partial charge in [-0.15, -0.1) is 0 Å². The summed E-state index contributed by atoms with van der Waals surface area (Å²) in [5.74, 6) is -3.24. The molecule has 2 amide bonds. The fraction of sp³-hybridized carbons (Fsp3) is 0.379. The van der Waals surface area contributed by atoms with Gasteiger partial charge >= 0.3 is 0 Å². The summed E-state index contributed by atoms with van der Waals surface area (Å²) >= 11 is 0. The fourth-order valence-electron chi connectivity index (χ4n) is 5.75. The van der Waals surface area contributed by atoms with Gasteiger partial charge in [0.1, 0.15) is 11.4 Å². The van der Waals surface area contributed by atoms with Gasteiger partial charge in [0.2, 0.25) is 11.8 Å². The van der Waals surface area contributed by atoms with Crippen molar-refractivity contribution in [3.05, 3.63) is 59.9 Å². The molecular formula is C29H29F2N5O5. The summed E-state index contributed by atoms with van der Waals surface area (Å²) < 4.78 is 48.5. The quantitative estimate of drug-likeness (QED) is 0.410. The average molecular weight is 566 g/mol. The molecule has 12 heteroatoms. The summed E-state index contributed by atoms with van der Waals surface area (Å²) in [5.41, 5.74) is 1.45. The maximum absolute atomic E-state index is 15.4. The van der Waals surface area contributed by atoms with Crippen molar-refractivity contribution >= 4 is 23.2 Å². The highest BCUT2D eigenvalue weighted by Gasteiger charge is 2.57. The lowest BCUT2D eigenvalue weighted by atomic mass is 9.86. The molecule has 4 heterocycles. The number of amides is 2. The van der Waals surface area contributed by atoms with E-state index in [0.29, 0.717) is 48.6 Å². The summed E-state index contributed by atoms with van der Waals surface area (Å²) in [4.78, 5) is 31.9. The van der Waals surface area contributed by atoms with Gasteiger partial charge in [-0.05, 0) is 49.0 Å². The van der Waals surface area contributed by atoms with Crippen molar-refractivity contribution in [2.24, 2.45) is 0 Å². The Kier molecular flexibility index (Phi) is 6.72. The molecule has 214 valence electrons. The van der Waals surface area contributed by atoms with Gasteiger partial charge in [0.25, 0.3) is 0 Å². The normalized spacial score (nSPS) is 18.8. The lowest BCUT2D eigenvalue weighted by Gasteiger charge is -2.35. The molecule has 10 nitrogen and oxygen atoms in total. The van der Waals surface area contributed by atoms with E-state index in [0.717, 1.165) is 29.4 Å². The Hall–Kier alpha value is -4.32. The van der Waals surface area contributed by atoms with Gasteiger partial charge in [-0.1, -0.05) is 6.58 Å². The van der Waals surface area contributed by atoms with Gasteiger partial charge < -0.3 is 24.4 Å². The number of aromatic nitrogens is 3. The molecular weight excluding hydrogens is 536 g/mol. The molecule has 1 aromatic carbocycles. The van der Waals surface area contributed by atoms with Crippen LogP contribution in [0, 0.1) is 11.6 Å². The average Bonchev–Trinajstić information content (AvgIpc) is 3.42. The molecule has 6 rings (SSSR count). The standard InChI is InChI=1S/C29H29F2N5O5/c1-4-23(37)34-20-13-33-36(15-17-6-5-9-41-17)26(20)19-10-18-16(12-32-19)14-35(28(38)29(18)7-8-29)27-24(30)21(39-2)11-22(40-3)25(27)31/h4,10-13,17H,1,5-9,14-15H2,2-3H3,(H,34,37). The number of halogens is 2. The minimum Gasteiger partial charge on any atom is -0.493 e. The number of ether oxygens (including phenoxy) is 3. The molecule has 2 aliphatic heterocycles. The molecule has 2 fully saturated rings. The Labute approximate surface area is 234 Å². The van der Waals surface area contributed by atoms with Gasteiger partial charge in [0.05, 0.1) is 56.4 Å². The van der Waals surface area contributed by atoms with Crippen molar-refractivity contribution in [1.82, 2.24) is 14.8 Å². The summed E-state index contributed by atoms with van der Waals surface area (Å²) in [6.45, 7) is 4.57. The third kappa shape index (κ3) is 4.42. The number of nitrogens with one attached hydrogen (secondary N) is 1. The zero-order valence-corrected chi connectivity index (χ0v) is 22.7. The number of carbonyl (C=O) groups is 2. The highest BCUT2D eigenvalue weighted by Crippen LogP contribution is 2.55. The number of pyridine rings is 1. The first kappa shape index (κ1) is 26.9. The van der Waals surface area contributed by atoms with Crippen LogP contribution >= 0.6 is 0 Å². The van der Waals surface area contributed by atoms with Crippen LogP contribution in [-0.2, 0) is 32.8 Å². The van der Waals surface area contributed by atoms with Crippen molar-refractivity contribution in [3.8, 4) is 22.9 Å². The maximum atomic E-state index is 15.4. The Morgan fingerprint density at radius 2 is 1.95 bits per heavy atom. The number of hydrogen-bond donors (Lipinski definition) is 1. The Morgan fingerprint density at radius 1 is 1.22 bits per heavy atom. The molecule has 1 atom stereocenters. The van der Waals surface area contributed by atoms with Crippen molar-refractivity contribution < 1.29 is 32.6 Å². The molecule has 1 saturated heterocycles. The molecule has 2 aromatic heterocycles. The second kappa shape index (κ2) is 10.3. The molecule has 1 N–H and O–H groups in total. The summed E-state index contributed by atoms with van der Waals surface area (Å²) in [5, 5.41) is 7.28. The van der Waals surface area contributed by atoms with Crippen molar-refractivity contribution in [3.63, 3.8) is 0 Å². The van der Waals surface area contributed by atoms with Gasteiger partial charge in [0, 0.05) is 18.9 Å². The summed E-state index contributed by atoms with van der Waals surface area (Å²) in [6.07, 6.45) is 7.18. The van der Waals surface area contributed by atoms with E-state index < -0.39 is 34.6 Å². The number of nitrogens with zero attached hydrogens (tertiary/aromatic N) is 4. The third-order valence-electron chi connectivity index (χ3n) is 7.98. The molecule has 3 aliphatic rings. The third-order valence-corrected chi connectivity index (χ3v) is 7.98. The van der Waals surface area contributed by atoms with Crippen molar-refractivity contribution in [1.29, 1.82) is 0 Å². The molecule has 0 bridgehead atoms. The van der Waals surface area contributed by atoms with Crippen LogP contribution in [0.15, 0.2) is 37.2 Å². The lowest BCUT2D eigenvalue weighted by molar-refractivity contribution is -0.121. The molecule has 41 heavy (non-hydrogen) atoms. The Bertz CT molecular complexity index is 1530. The largest absolute Gasteiger partial charge is 0.493 e. The van der Waals surface area contributed by atoms with Crippen LogP contribution in [0.4, 0.5) is 20.2 Å². The summed E-state index contributed by atoms with van der Waals surface area (Å²) in [7, 11) is 2.52. The molecule has 1 spiro atoms. The number of hydrogen-bond acceptors (Lipinski definition) is 7. The second-order valence-corrected chi connectivity index (χ2v) is 10.4. The minimum absolute atomic E-state index is 0.0243. The van der Waals surface area contributed by atoms with Crippen LogP contribution in [0.25, 0.3) is 11.4 Å². The van der Waals surface area contributed by atoms with E-state index in [1.54, 1.807) is 17.1 Å². The SMILES string of the molecule is C=CC(=O)Nc1cnn(CC2CCCO2)c1-c1cc2c(cn1)CN(c1c(F)c(OC)cc(OC)c1F)C(=O)C21CC1. The number of benzene rings is 1. The lowest BCUT2D eigenvalue weighted by Crippen LogP contribution is -2.45. The number of carbonyl (C=O) groups excluding carboxylic acids is 2. The van der Waals surface area contributed by atoms with Crippen LogP contribution < -0.4 is 19.7 Å². The van der Waals surface area contributed by atoms with Crippen LogP contribution in [0.3, 0.4) is 0 Å². The van der Waals surface area contributed by atoms with E-state index in [9.17, 15) is 9.59 Å². The second-order valence-electron chi connectivity index (χ2n) is 10.4. The number of methoxy groups -OCH3 is 2. The predicted octanol–water partition coefficient (Wildman–Crippen LogP) is 4.12. The van der Waals surface area contributed by atoms with E-state index >= 15 is 8.78 Å². The molecule has 3 aromatic rings. The van der Waals surface area contributed by atoms with E-state index in [4.69, 9.17) is 14.2 Å². The van der Waals surface area contributed by atoms with Gasteiger partial charge in [-0.25, -0.2) is 8.78 Å². The monoisotopic (exact) mass is 565 g/mol. The van der Waals surface area contributed by atoms with E-state index in [-0.39, 0.29) is 24.1 Å². The molecule has 1 saturated carbocycles. The van der Waals surface area contributed by atoms with Crippen molar-refractivity contribution in [2.75, 3.05) is 31.0 Å². The van der Waals surface area contributed by atoms with Crippen LogP contribution in [-0.4, -0.2) is 53.5 Å². The van der Waals surface area contributed by atoms with Crippen LogP contribution in [0.5, 0.6) is 11.5 Å². The fourth-order valence-corrected chi connectivity index (χ4v) is 5.75. The first-order valence-corrected chi connectivity index (χ1v) is 13.3. The number of anilines is 2. The highest BCUT2D eigenvalue weighted by molar-refractivity contribution is 6.06. The van der Waals surface area contributed by atoms with Crippen molar-refractivity contribution in [2.45, 2.75) is 50.3 Å². The Balaban J connectivity index is 1.43.